The molecule has 3 rings (SSSR count). The van der Waals surface area contributed by atoms with Gasteiger partial charge in [0.15, 0.2) is 5.11 Å². The van der Waals surface area contributed by atoms with Gasteiger partial charge in [-0.05, 0) is 54.7 Å². The zero-order chi connectivity index (χ0) is 16.8. The molecule has 4 heteroatoms. The molecule has 2 N–H and O–H groups in total. The summed E-state index contributed by atoms with van der Waals surface area (Å²) < 4.78 is 5.55. The smallest absolute Gasteiger partial charge is 0.171 e. The molecule has 0 saturated heterocycles. The van der Waals surface area contributed by atoms with Crippen LogP contribution in [0, 0.1) is 0 Å². The molecule has 0 bridgehead atoms. The Balaban J connectivity index is 1.63. The summed E-state index contributed by atoms with van der Waals surface area (Å²) in [6, 6.07) is 16.6. The molecule has 1 aliphatic rings. The summed E-state index contributed by atoms with van der Waals surface area (Å²) in [4.78, 5) is 0. The van der Waals surface area contributed by atoms with E-state index in [1.165, 1.54) is 17.5 Å². The van der Waals surface area contributed by atoms with E-state index < -0.39 is 0 Å². The van der Waals surface area contributed by atoms with Crippen molar-refractivity contribution >= 4 is 23.0 Å². The van der Waals surface area contributed by atoms with E-state index in [2.05, 4.69) is 41.5 Å². The quantitative estimate of drug-likeness (QED) is 0.616. The minimum Gasteiger partial charge on any atom is -0.489 e. The first kappa shape index (κ1) is 16.5. The standard InChI is InChI=1S/C20H22N2OS/c1-2-13-23-17-10-6-9-16(14-17)21-20(24)22-19-12-5-8-15-7-3-4-11-18(15)19/h2-4,6-7,9-11,14,19H,1,5,8,12-13H2,(H2,21,22,24). The molecule has 0 fully saturated rings. The van der Waals surface area contributed by atoms with Crippen LogP contribution in [0.25, 0.3) is 0 Å². The molecule has 0 aliphatic heterocycles. The second kappa shape index (κ2) is 7.97. The first-order valence-corrected chi connectivity index (χ1v) is 8.66. The Bertz CT molecular complexity index is 729. The molecule has 24 heavy (non-hydrogen) atoms. The fourth-order valence-corrected chi connectivity index (χ4v) is 3.31. The maximum Gasteiger partial charge on any atom is 0.171 e. The SMILES string of the molecule is C=CCOc1cccc(NC(=S)NC2CCCc3ccccc32)c1. The van der Waals surface area contributed by atoms with Crippen LogP contribution in [0.4, 0.5) is 5.69 Å². The lowest BCUT2D eigenvalue weighted by Gasteiger charge is -2.27. The maximum absolute atomic E-state index is 5.55. The zero-order valence-electron chi connectivity index (χ0n) is 13.6. The summed E-state index contributed by atoms with van der Waals surface area (Å²) in [5, 5.41) is 7.34. The zero-order valence-corrected chi connectivity index (χ0v) is 14.4. The van der Waals surface area contributed by atoms with Crippen LogP contribution >= 0.6 is 12.2 Å². The Kier molecular flexibility index (Phi) is 5.49. The summed E-state index contributed by atoms with van der Waals surface area (Å²) in [5.74, 6) is 0.797. The van der Waals surface area contributed by atoms with Crippen molar-refractivity contribution in [3.05, 3.63) is 72.3 Å². The molecule has 0 aromatic heterocycles. The summed E-state index contributed by atoms with van der Waals surface area (Å²) in [7, 11) is 0. The highest BCUT2D eigenvalue weighted by Gasteiger charge is 2.20. The molecule has 0 amide bonds. The van der Waals surface area contributed by atoms with Crippen molar-refractivity contribution in [3.8, 4) is 5.75 Å². The Morgan fingerprint density at radius 1 is 1.25 bits per heavy atom. The van der Waals surface area contributed by atoms with Crippen LogP contribution < -0.4 is 15.4 Å². The number of rotatable bonds is 5. The number of thiocarbonyl (C=S) groups is 1. The Morgan fingerprint density at radius 3 is 3.00 bits per heavy atom. The van der Waals surface area contributed by atoms with Gasteiger partial charge in [0.2, 0.25) is 0 Å². The monoisotopic (exact) mass is 338 g/mol. The predicted molar refractivity (Wildman–Crippen MR) is 104 cm³/mol. The predicted octanol–water partition coefficient (Wildman–Crippen LogP) is 4.62. The van der Waals surface area contributed by atoms with Crippen molar-refractivity contribution in [2.45, 2.75) is 25.3 Å². The average molecular weight is 338 g/mol. The van der Waals surface area contributed by atoms with E-state index in [1.54, 1.807) is 6.08 Å². The van der Waals surface area contributed by atoms with Crippen LogP contribution in [0.15, 0.2) is 61.2 Å². The Morgan fingerprint density at radius 2 is 2.12 bits per heavy atom. The van der Waals surface area contributed by atoms with Gasteiger partial charge < -0.3 is 15.4 Å². The molecule has 0 radical (unpaired) electrons. The molecule has 1 atom stereocenters. The molecule has 1 aliphatic carbocycles. The number of anilines is 1. The third kappa shape index (κ3) is 4.15. The molecule has 0 spiro atoms. The topological polar surface area (TPSA) is 33.3 Å². The largest absolute Gasteiger partial charge is 0.489 e. The molecule has 0 heterocycles. The van der Waals surface area contributed by atoms with E-state index in [4.69, 9.17) is 17.0 Å². The highest BCUT2D eigenvalue weighted by Crippen LogP contribution is 2.29. The van der Waals surface area contributed by atoms with Gasteiger partial charge in [0.25, 0.3) is 0 Å². The Labute approximate surface area is 148 Å². The van der Waals surface area contributed by atoms with Crippen molar-refractivity contribution in [3.63, 3.8) is 0 Å². The Hall–Kier alpha value is -2.33. The fourth-order valence-electron chi connectivity index (χ4n) is 3.05. The third-order valence-electron chi connectivity index (χ3n) is 4.13. The summed E-state index contributed by atoms with van der Waals surface area (Å²) >= 11 is 5.50. The number of hydrogen-bond acceptors (Lipinski definition) is 2. The van der Waals surface area contributed by atoms with Gasteiger partial charge in [-0.3, -0.25) is 0 Å². The van der Waals surface area contributed by atoms with E-state index in [0.29, 0.717) is 11.7 Å². The molecule has 2 aromatic rings. The summed E-state index contributed by atoms with van der Waals surface area (Å²) in [5.41, 5.74) is 3.69. The van der Waals surface area contributed by atoms with Crippen LogP contribution in [-0.2, 0) is 6.42 Å². The number of aryl methyl sites for hydroxylation is 1. The lowest BCUT2D eigenvalue weighted by Crippen LogP contribution is -2.34. The minimum absolute atomic E-state index is 0.273. The first-order valence-electron chi connectivity index (χ1n) is 8.25. The average Bonchev–Trinajstić information content (AvgIpc) is 2.60. The normalized spacial score (nSPS) is 15.9. The van der Waals surface area contributed by atoms with Crippen LogP contribution in [0.3, 0.4) is 0 Å². The van der Waals surface area contributed by atoms with Crippen LogP contribution in [0.2, 0.25) is 0 Å². The minimum atomic E-state index is 0.273. The summed E-state index contributed by atoms with van der Waals surface area (Å²) in [6.07, 6.45) is 5.16. The van der Waals surface area contributed by atoms with Crippen molar-refractivity contribution in [2.24, 2.45) is 0 Å². The van der Waals surface area contributed by atoms with Gasteiger partial charge >= 0.3 is 0 Å². The molecule has 1 unspecified atom stereocenters. The van der Waals surface area contributed by atoms with Crippen molar-refractivity contribution in [1.29, 1.82) is 0 Å². The number of benzene rings is 2. The van der Waals surface area contributed by atoms with Gasteiger partial charge in [-0.1, -0.05) is 43.0 Å². The van der Waals surface area contributed by atoms with E-state index in [9.17, 15) is 0 Å². The number of nitrogens with one attached hydrogen (secondary N) is 2. The molecule has 3 nitrogen and oxygen atoms in total. The molecule has 0 saturated carbocycles. The third-order valence-corrected chi connectivity index (χ3v) is 4.35. The van der Waals surface area contributed by atoms with E-state index in [0.717, 1.165) is 24.3 Å². The summed E-state index contributed by atoms with van der Waals surface area (Å²) in [6.45, 7) is 4.15. The van der Waals surface area contributed by atoms with E-state index in [-0.39, 0.29) is 6.04 Å². The highest BCUT2D eigenvalue weighted by atomic mass is 32.1. The van der Waals surface area contributed by atoms with E-state index in [1.807, 2.05) is 24.3 Å². The number of hydrogen-bond donors (Lipinski definition) is 2. The van der Waals surface area contributed by atoms with Gasteiger partial charge in [-0.25, -0.2) is 0 Å². The van der Waals surface area contributed by atoms with Crippen molar-refractivity contribution < 1.29 is 4.74 Å². The van der Waals surface area contributed by atoms with Crippen LogP contribution in [0.5, 0.6) is 5.75 Å². The van der Waals surface area contributed by atoms with Gasteiger partial charge in [-0.2, -0.15) is 0 Å². The molecule has 124 valence electrons. The molecular weight excluding hydrogens is 316 g/mol. The lowest BCUT2D eigenvalue weighted by atomic mass is 9.88. The first-order chi connectivity index (χ1) is 11.8. The lowest BCUT2D eigenvalue weighted by molar-refractivity contribution is 0.363. The number of ether oxygens (including phenoxy) is 1. The van der Waals surface area contributed by atoms with Crippen molar-refractivity contribution in [1.82, 2.24) is 5.32 Å². The maximum atomic E-state index is 5.55. The van der Waals surface area contributed by atoms with Crippen molar-refractivity contribution in [2.75, 3.05) is 11.9 Å². The second-order valence-corrected chi connectivity index (χ2v) is 6.28. The molecular formula is C20H22N2OS. The van der Waals surface area contributed by atoms with Gasteiger partial charge in [-0.15, -0.1) is 0 Å². The van der Waals surface area contributed by atoms with Crippen LogP contribution in [0.1, 0.15) is 30.0 Å². The van der Waals surface area contributed by atoms with Gasteiger partial charge in [0, 0.05) is 11.8 Å². The van der Waals surface area contributed by atoms with Gasteiger partial charge in [0.05, 0.1) is 6.04 Å². The second-order valence-electron chi connectivity index (χ2n) is 5.87. The van der Waals surface area contributed by atoms with Crippen LogP contribution in [-0.4, -0.2) is 11.7 Å². The molecule has 2 aromatic carbocycles. The number of fused-ring (bicyclic) bond motifs is 1. The van der Waals surface area contributed by atoms with Gasteiger partial charge in [0.1, 0.15) is 12.4 Å². The van der Waals surface area contributed by atoms with E-state index >= 15 is 0 Å². The highest BCUT2D eigenvalue weighted by molar-refractivity contribution is 7.80. The fraction of sp³-hybridized carbons (Fsp3) is 0.250.